The highest BCUT2D eigenvalue weighted by molar-refractivity contribution is 7.47. The Morgan fingerprint density at radius 2 is 1.39 bits per heavy atom. The summed E-state index contributed by atoms with van der Waals surface area (Å²) in [6.07, 6.45) is 12.1. The molecule has 1 unspecified atom stereocenters. The minimum atomic E-state index is -3.97. The molecule has 5 nitrogen and oxygen atoms in total. The molecular weight excluding hydrogens is 253 g/mol. The third kappa shape index (κ3) is 12.5. The lowest BCUT2D eigenvalue weighted by Gasteiger charge is -2.07. The van der Waals surface area contributed by atoms with Gasteiger partial charge in [0.2, 0.25) is 0 Å². The first-order chi connectivity index (χ1) is 8.62. The first-order valence-electron chi connectivity index (χ1n) is 6.98. The molecule has 0 amide bonds. The third-order valence-corrected chi connectivity index (χ3v) is 3.66. The molecule has 0 heterocycles. The molecule has 3 N–H and O–H groups in total. The van der Waals surface area contributed by atoms with E-state index in [0.717, 1.165) is 19.3 Å². The van der Waals surface area contributed by atoms with E-state index in [0.29, 0.717) is 0 Å². The largest absolute Gasteiger partial charge is 0.488 e. The molecule has 110 valence electrons. The second-order valence-corrected chi connectivity index (χ2v) is 6.00. The summed E-state index contributed by atoms with van der Waals surface area (Å²) >= 11 is 0. The van der Waals surface area contributed by atoms with Crippen LogP contribution in [0, 0.1) is 0 Å². The molecular formula is C12H28NO4P. The number of phosphoric ester groups is 1. The maximum atomic E-state index is 10.8. The number of rotatable bonds is 13. The van der Waals surface area contributed by atoms with Crippen LogP contribution in [0.25, 0.3) is 0 Å². The molecule has 0 saturated carbocycles. The highest BCUT2D eigenvalue weighted by Gasteiger charge is 2.18. The van der Waals surface area contributed by atoms with Crippen LogP contribution in [0.15, 0.2) is 0 Å². The Labute approximate surface area is 111 Å². The molecule has 0 aliphatic heterocycles. The van der Waals surface area contributed by atoms with Crippen molar-refractivity contribution < 1.29 is 18.6 Å². The van der Waals surface area contributed by atoms with E-state index < -0.39 is 7.82 Å². The quantitative estimate of drug-likeness (QED) is 0.304. The Kier molecular flexibility index (Phi) is 12.2. The van der Waals surface area contributed by atoms with Crippen LogP contribution in [0.5, 0.6) is 0 Å². The monoisotopic (exact) mass is 281 g/mol. The highest BCUT2D eigenvalue weighted by Crippen LogP contribution is 2.40. The molecule has 1 atom stereocenters. The lowest BCUT2D eigenvalue weighted by atomic mass is 10.1. The fourth-order valence-corrected chi connectivity index (χ4v) is 2.22. The lowest BCUT2D eigenvalue weighted by molar-refractivity contribution is 0.149. The van der Waals surface area contributed by atoms with Gasteiger partial charge in [0.15, 0.2) is 0 Å². The van der Waals surface area contributed by atoms with Gasteiger partial charge >= 0.3 is 7.82 Å². The van der Waals surface area contributed by atoms with Crippen LogP contribution in [0.4, 0.5) is 0 Å². The van der Waals surface area contributed by atoms with Gasteiger partial charge in [0, 0.05) is 0 Å². The molecule has 0 aliphatic rings. The average Bonchev–Trinajstić information content (AvgIpc) is 2.36. The van der Waals surface area contributed by atoms with Gasteiger partial charge in [-0.3, -0.25) is 4.52 Å². The lowest BCUT2D eigenvalue weighted by Crippen LogP contribution is -2.01. The normalized spacial score (nSPS) is 14.6. The molecule has 0 aromatic carbocycles. The van der Waals surface area contributed by atoms with E-state index in [4.69, 9.17) is 4.89 Å². The van der Waals surface area contributed by atoms with Crippen molar-refractivity contribution in [3.8, 4) is 0 Å². The van der Waals surface area contributed by atoms with Crippen molar-refractivity contribution in [3.05, 3.63) is 0 Å². The van der Waals surface area contributed by atoms with Gasteiger partial charge in [0.1, 0.15) is 0 Å². The van der Waals surface area contributed by atoms with Crippen molar-refractivity contribution in [1.82, 2.24) is 0 Å². The van der Waals surface area contributed by atoms with Crippen molar-refractivity contribution in [3.63, 3.8) is 0 Å². The average molecular weight is 281 g/mol. The second-order valence-electron chi connectivity index (χ2n) is 4.59. The zero-order valence-corrected chi connectivity index (χ0v) is 12.4. The number of hydrogen-bond acceptors (Lipinski definition) is 4. The maximum Gasteiger partial charge on any atom is 0.488 e. The molecule has 0 fully saturated rings. The van der Waals surface area contributed by atoms with Crippen molar-refractivity contribution in [1.29, 1.82) is 0 Å². The molecule has 0 rings (SSSR count). The smallest absolute Gasteiger partial charge is 0.302 e. The zero-order chi connectivity index (χ0) is 13.7. The van der Waals surface area contributed by atoms with E-state index in [2.05, 4.69) is 22.0 Å². The van der Waals surface area contributed by atoms with Gasteiger partial charge < -0.3 is 4.89 Å². The van der Waals surface area contributed by atoms with Crippen LogP contribution in [-0.2, 0) is 13.7 Å². The first kappa shape index (κ1) is 18.1. The van der Waals surface area contributed by atoms with E-state index in [-0.39, 0.29) is 6.61 Å². The van der Waals surface area contributed by atoms with Crippen molar-refractivity contribution >= 4 is 7.82 Å². The Balaban J connectivity index is 3.10. The van der Waals surface area contributed by atoms with Crippen LogP contribution in [0.3, 0.4) is 0 Å². The topological polar surface area (TPSA) is 81.8 Å². The molecule has 6 heteroatoms. The summed E-state index contributed by atoms with van der Waals surface area (Å²) in [5.41, 5.74) is 0. The van der Waals surface area contributed by atoms with E-state index in [1.807, 2.05) is 0 Å². The summed E-state index contributed by atoms with van der Waals surface area (Å²) in [5, 5.41) is 0. The number of unbranched alkanes of at least 4 members (excludes halogenated alkanes) is 9. The van der Waals surface area contributed by atoms with Gasteiger partial charge in [-0.05, 0) is 6.42 Å². The van der Waals surface area contributed by atoms with Gasteiger partial charge in [0.05, 0.1) is 6.61 Å². The van der Waals surface area contributed by atoms with Gasteiger partial charge in [-0.25, -0.2) is 15.1 Å². The second kappa shape index (κ2) is 12.1. The maximum absolute atomic E-state index is 10.8. The Morgan fingerprint density at radius 3 is 1.83 bits per heavy atom. The van der Waals surface area contributed by atoms with Crippen LogP contribution in [-0.4, -0.2) is 11.5 Å². The van der Waals surface area contributed by atoms with Gasteiger partial charge in [-0.15, -0.1) is 0 Å². The summed E-state index contributed by atoms with van der Waals surface area (Å²) in [6, 6.07) is 0. The number of nitrogens with two attached hydrogens (primary N) is 1. The minimum Gasteiger partial charge on any atom is -0.302 e. The molecule has 0 saturated heterocycles. The van der Waals surface area contributed by atoms with E-state index >= 15 is 0 Å². The molecule has 0 aromatic heterocycles. The molecule has 18 heavy (non-hydrogen) atoms. The Morgan fingerprint density at radius 1 is 0.944 bits per heavy atom. The number of hydrogen-bond donors (Lipinski definition) is 2. The first-order valence-corrected chi connectivity index (χ1v) is 8.47. The van der Waals surface area contributed by atoms with Gasteiger partial charge in [-0.2, -0.15) is 0 Å². The predicted octanol–water partition coefficient (Wildman–Crippen LogP) is 3.91. The predicted molar refractivity (Wildman–Crippen MR) is 72.9 cm³/mol. The SMILES string of the molecule is CCCCCCCCCCCCOP(=O)(O)ON. The summed E-state index contributed by atoms with van der Waals surface area (Å²) in [5.74, 6) is 4.60. The molecule has 0 spiro atoms. The van der Waals surface area contributed by atoms with E-state index in [9.17, 15) is 4.57 Å². The molecule has 0 aliphatic carbocycles. The van der Waals surface area contributed by atoms with Crippen molar-refractivity contribution in [2.24, 2.45) is 5.90 Å². The summed E-state index contributed by atoms with van der Waals surface area (Å²) in [4.78, 5) is 8.85. The summed E-state index contributed by atoms with van der Waals surface area (Å²) < 4.78 is 19.3. The van der Waals surface area contributed by atoms with Crippen LogP contribution >= 0.6 is 7.82 Å². The third-order valence-electron chi connectivity index (χ3n) is 2.89. The van der Waals surface area contributed by atoms with Crippen LogP contribution in [0.2, 0.25) is 0 Å². The van der Waals surface area contributed by atoms with E-state index in [1.165, 1.54) is 44.9 Å². The standard InChI is InChI=1S/C12H28NO4P/c1-2-3-4-5-6-7-8-9-10-11-12-16-18(14,15)17-13/h2-13H2,1H3,(H,14,15). The summed E-state index contributed by atoms with van der Waals surface area (Å²) in [7, 11) is -3.97. The highest BCUT2D eigenvalue weighted by atomic mass is 31.2. The molecule has 0 aromatic rings. The molecule has 0 bridgehead atoms. The Bertz CT molecular complexity index is 226. The fourth-order valence-electron chi connectivity index (χ4n) is 1.80. The molecule has 0 radical (unpaired) electrons. The zero-order valence-electron chi connectivity index (χ0n) is 11.5. The number of phosphoric acid groups is 1. The van der Waals surface area contributed by atoms with Crippen LogP contribution < -0.4 is 5.90 Å². The van der Waals surface area contributed by atoms with Crippen molar-refractivity contribution in [2.75, 3.05) is 6.61 Å². The summed E-state index contributed by atoms with van der Waals surface area (Å²) in [6.45, 7) is 2.45. The Hall–Kier alpha value is 0.0700. The van der Waals surface area contributed by atoms with E-state index in [1.54, 1.807) is 0 Å². The van der Waals surface area contributed by atoms with Crippen LogP contribution in [0.1, 0.15) is 71.1 Å². The van der Waals surface area contributed by atoms with Gasteiger partial charge in [0.25, 0.3) is 0 Å². The minimum absolute atomic E-state index is 0.224. The van der Waals surface area contributed by atoms with Gasteiger partial charge in [-0.1, -0.05) is 64.7 Å². The van der Waals surface area contributed by atoms with Crippen molar-refractivity contribution in [2.45, 2.75) is 71.1 Å². The fraction of sp³-hybridized carbons (Fsp3) is 1.00.